The van der Waals surface area contributed by atoms with Gasteiger partial charge in [-0.3, -0.25) is 10.1 Å². The molecule has 0 bridgehead atoms. The van der Waals surface area contributed by atoms with Crippen LogP contribution in [-0.4, -0.2) is 17.7 Å². The summed E-state index contributed by atoms with van der Waals surface area (Å²) in [6.45, 7) is 4.30. The minimum atomic E-state index is -0.720. The van der Waals surface area contributed by atoms with Gasteiger partial charge in [-0.2, -0.15) is 0 Å². The van der Waals surface area contributed by atoms with Gasteiger partial charge in [0, 0.05) is 33.7 Å². The summed E-state index contributed by atoms with van der Waals surface area (Å²) in [7, 11) is 2.01. The fourth-order valence-electron chi connectivity index (χ4n) is 3.95. The van der Waals surface area contributed by atoms with E-state index in [0.29, 0.717) is 11.3 Å². The first kappa shape index (κ1) is 17.5. The quantitative estimate of drug-likeness (QED) is 0.391. The van der Waals surface area contributed by atoms with Crippen LogP contribution in [0.4, 0.5) is 11.4 Å². The fourth-order valence-corrected chi connectivity index (χ4v) is 5.45. The maximum absolute atomic E-state index is 11.0. The van der Waals surface area contributed by atoms with Crippen molar-refractivity contribution in [1.29, 1.82) is 0 Å². The van der Waals surface area contributed by atoms with Crippen LogP contribution in [0.15, 0.2) is 45.4 Å². The molecule has 2 aromatic carbocycles. The minimum Gasteiger partial charge on any atom is -0.463 e. The molecule has 0 aromatic heterocycles. The van der Waals surface area contributed by atoms with Gasteiger partial charge in [0.1, 0.15) is 5.75 Å². The molecule has 2 heterocycles. The Kier molecular flexibility index (Phi) is 3.76. The van der Waals surface area contributed by atoms with Crippen LogP contribution < -0.4 is 9.64 Å². The lowest BCUT2D eigenvalue weighted by molar-refractivity contribution is -0.384. The Hall–Kier alpha value is -1.86. The summed E-state index contributed by atoms with van der Waals surface area (Å²) in [6.07, 6.45) is 3.91. The highest BCUT2D eigenvalue weighted by molar-refractivity contribution is 9.11. The van der Waals surface area contributed by atoms with E-state index in [1.807, 2.05) is 25.3 Å². The zero-order chi connectivity index (χ0) is 18.9. The zero-order valence-corrected chi connectivity index (χ0v) is 17.6. The second kappa shape index (κ2) is 5.57. The number of hydrogen-bond acceptors (Lipinski definition) is 4. The van der Waals surface area contributed by atoms with E-state index in [2.05, 4.69) is 56.7 Å². The predicted octanol–water partition coefficient (Wildman–Crippen LogP) is 5.65. The molecule has 1 atom stereocenters. The van der Waals surface area contributed by atoms with Gasteiger partial charge in [-0.25, -0.2) is 0 Å². The third kappa shape index (κ3) is 2.19. The predicted molar refractivity (Wildman–Crippen MR) is 109 cm³/mol. The zero-order valence-electron chi connectivity index (χ0n) is 14.4. The van der Waals surface area contributed by atoms with Crippen LogP contribution in [0.1, 0.15) is 25.0 Å². The van der Waals surface area contributed by atoms with Crippen molar-refractivity contribution in [3.8, 4) is 5.75 Å². The maximum atomic E-state index is 11.0. The molecule has 1 unspecified atom stereocenters. The largest absolute Gasteiger partial charge is 0.463 e. The molecule has 0 fully saturated rings. The lowest BCUT2D eigenvalue weighted by atomic mass is 9.76. The molecule has 0 radical (unpaired) electrons. The van der Waals surface area contributed by atoms with Gasteiger partial charge in [0.15, 0.2) is 0 Å². The summed E-state index contributed by atoms with van der Waals surface area (Å²) < 4.78 is 8.48. The third-order valence-corrected chi connectivity index (χ3v) is 6.45. The molecular weight excluding hydrogens is 464 g/mol. The fraction of sp³-hybridized carbons (Fsp3) is 0.263. The molecule has 2 aliphatic heterocycles. The summed E-state index contributed by atoms with van der Waals surface area (Å²) in [5, 5.41) is 11.0. The van der Waals surface area contributed by atoms with Gasteiger partial charge in [0.25, 0.3) is 5.69 Å². The summed E-state index contributed by atoms with van der Waals surface area (Å²) in [5.41, 5.74) is 1.94. The van der Waals surface area contributed by atoms with Crippen molar-refractivity contribution in [3.05, 3.63) is 66.6 Å². The first-order valence-electron chi connectivity index (χ1n) is 8.07. The standard InChI is InChI=1S/C19H16Br2N2O3/c1-18(2)14-9-12(20)10-15(21)17(14)22(3)19(18)7-6-11-8-13(23(24)25)4-5-16(11)26-19/h4-10H,1-3H3. The van der Waals surface area contributed by atoms with Crippen LogP contribution >= 0.6 is 31.9 Å². The number of non-ortho nitro benzene ring substituents is 1. The normalized spacial score (nSPS) is 22.1. The average molecular weight is 480 g/mol. The number of ether oxygens (including phenoxy) is 1. The number of nitro groups is 1. The molecule has 0 saturated heterocycles. The van der Waals surface area contributed by atoms with E-state index >= 15 is 0 Å². The lowest BCUT2D eigenvalue weighted by Gasteiger charge is -2.45. The van der Waals surface area contributed by atoms with Gasteiger partial charge in [0.2, 0.25) is 5.72 Å². The van der Waals surface area contributed by atoms with Gasteiger partial charge in [-0.1, -0.05) is 15.9 Å². The van der Waals surface area contributed by atoms with E-state index in [1.165, 1.54) is 6.07 Å². The van der Waals surface area contributed by atoms with E-state index in [-0.39, 0.29) is 11.1 Å². The number of anilines is 1. The number of benzene rings is 2. The highest BCUT2D eigenvalue weighted by atomic mass is 79.9. The van der Waals surface area contributed by atoms with Crippen LogP contribution in [-0.2, 0) is 5.41 Å². The van der Waals surface area contributed by atoms with Crippen molar-refractivity contribution >= 4 is 49.3 Å². The van der Waals surface area contributed by atoms with Crippen molar-refractivity contribution in [2.45, 2.75) is 25.0 Å². The van der Waals surface area contributed by atoms with E-state index in [0.717, 1.165) is 20.2 Å². The Morgan fingerprint density at radius 2 is 1.92 bits per heavy atom. The second-order valence-electron chi connectivity index (χ2n) is 7.08. The van der Waals surface area contributed by atoms with Crippen LogP contribution in [0.3, 0.4) is 0 Å². The SMILES string of the molecule is CN1c2c(Br)cc(Br)cc2C(C)(C)C12C=Cc1cc([N+](=O)[O-])ccc1O2. The molecule has 0 amide bonds. The van der Waals surface area contributed by atoms with Crippen molar-refractivity contribution in [2.24, 2.45) is 0 Å². The van der Waals surface area contributed by atoms with Crippen molar-refractivity contribution < 1.29 is 9.66 Å². The number of nitrogens with zero attached hydrogens (tertiary/aromatic N) is 2. The molecule has 1 spiro atoms. The molecular formula is C19H16Br2N2O3. The highest BCUT2D eigenvalue weighted by Gasteiger charge is 2.58. The molecule has 4 rings (SSSR count). The summed E-state index contributed by atoms with van der Waals surface area (Å²) >= 11 is 7.25. The van der Waals surface area contributed by atoms with Gasteiger partial charge in [0.05, 0.1) is 16.0 Å². The van der Waals surface area contributed by atoms with Gasteiger partial charge < -0.3 is 9.64 Å². The molecule has 2 aliphatic rings. The molecule has 2 aromatic rings. The van der Waals surface area contributed by atoms with Gasteiger partial charge in [-0.05, 0) is 65.7 Å². The highest BCUT2D eigenvalue weighted by Crippen LogP contribution is 2.56. The summed E-state index contributed by atoms with van der Waals surface area (Å²) in [4.78, 5) is 12.8. The molecule has 0 saturated carbocycles. The Morgan fingerprint density at radius 3 is 2.62 bits per heavy atom. The van der Waals surface area contributed by atoms with Crippen molar-refractivity contribution in [3.63, 3.8) is 0 Å². The van der Waals surface area contributed by atoms with E-state index in [1.54, 1.807) is 12.1 Å². The van der Waals surface area contributed by atoms with Crippen molar-refractivity contribution in [1.82, 2.24) is 0 Å². The number of halogens is 2. The van der Waals surface area contributed by atoms with Gasteiger partial charge >= 0.3 is 0 Å². The Morgan fingerprint density at radius 1 is 1.19 bits per heavy atom. The van der Waals surface area contributed by atoms with Crippen LogP contribution in [0, 0.1) is 10.1 Å². The first-order valence-corrected chi connectivity index (χ1v) is 9.66. The molecule has 7 heteroatoms. The van der Waals surface area contributed by atoms with Crippen LogP contribution in [0.5, 0.6) is 5.75 Å². The number of nitro benzene ring substituents is 1. The van der Waals surface area contributed by atoms with E-state index in [4.69, 9.17) is 4.74 Å². The maximum Gasteiger partial charge on any atom is 0.270 e. The topological polar surface area (TPSA) is 55.6 Å². The number of likely N-dealkylation sites (N-methyl/N-ethyl adjacent to an activating group) is 1. The van der Waals surface area contributed by atoms with Gasteiger partial charge in [-0.15, -0.1) is 0 Å². The Balaban J connectivity index is 1.87. The molecule has 0 N–H and O–H groups in total. The lowest BCUT2D eigenvalue weighted by Crippen LogP contribution is -2.58. The smallest absolute Gasteiger partial charge is 0.270 e. The minimum absolute atomic E-state index is 0.0574. The third-order valence-electron chi connectivity index (χ3n) is 5.39. The van der Waals surface area contributed by atoms with E-state index < -0.39 is 10.6 Å². The Labute approximate surface area is 168 Å². The second-order valence-corrected chi connectivity index (χ2v) is 8.85. The molecule has 0 aliphatic carbocycles. The Bertz CT molecular complexity index is 987. The summed E-state index contributed by atoms with van der Waals surface area (Å²) in [5.74, 6) is 0.640. The first-order chi connectivity index (χ1) is 12.2. The molecule has 5 nitrogen and oxygen atoms in total. The molecule has 134 valence electrons. The van der Waals surface area contributed by atoms with Crippen LogP contribution in [0.2, 0.25) is 0 Å². The average Bonchev–Trinajstić information content (AvgIpc) is 2.73. The summed E-state index contributed by atoms with van der Waals surface area (Å²) in [6, 6.07) is 8.84. The monoisotopic (exact) mass is 478 g/mol. The molecule has 26 heavy (non-hydrogen) atoms. The number of fused-ring (bicyclic) bond motifs is 2. The van der Waals surface area contributed by atoms with E-state index in [9.17, 15) is 10.1 Å². The van der Waals surface area contributed by atoms with Crippen LogP contribution in [0.25, 0.3) is 6.08 Å². The number of hydrogen-bond donors (Lipinski definition) is 0. The van der Waals surface area contributed by atoms with Crippen molar-refractivity contribution in [2.75, 3.05) is 11.9 Å². The number of rotatable bonds is 1.